The van der Waals surface area contributed by atoms with E-state index in [1.54, 1.807) is 0 Å². The lowest BCUT2D eigenvalue weighted by Crippen LogP contribution is -2.05. The lowest BCUT2D eigenvalue weighted by molar-refractivity contribution is -0.143. The molecule has 0 aliphatic rings. The second kappa shape index (κ2) is 42.5. The fraction of sp³-hybridized carbons (Fsp3) is 0.974. The van der Waals surface area contributed by atoms with Crippen LogP contribution >= 0.6 is 0 Å². The maximum absolute atomic E-state index is 11.9. The van der Waals surface area contributed by atoms with Gasteiger partial charge in [0.05, 0.1) is 13.2 Å². The van der Waals surface area contributed by atoms with E-state index in [9.17, 15) is 4.79 Å². The van der Waals surface area contributed by atoms with Gasteiger partial charge in [0.2, 0.25) is 0 Å². The molecule has 0 aliphatic carbocycles. The summed E-state index contributed by atoms with van der Waals surface area (Å²) in [5.74, 6) is 0.0284. The van der Waals surface area contributed by atoms with Gasteiger partial charge in [-0.15, -0.1) is 0 Å². The molecule has 0 amide bonds. The van der Waals surface area contributed by atoms with Crippen LogP contribution in [0.2, 0.25) is 0 Å². The third-order valence-corrected chi connectivity index (χ3v) is 8.37. The summed E-state index contributed by atoms with van der Waals surface area (Å²) in [6.45, 7) is 5.69. The second-order valence-corrected chi connectivity index (χ2v) is 12.7. The van der Waals surface area contributed by atoms with Crippen molar-refractivity contribution >= 4 is 5.97 Å². The molecule has 0 aromatic heterocycles. The quantitative estimate of drug-likeness (QED) is 0.0571. The second-order valence-electron chi connectivity index (χ2n) is 12.7. The number of aliphatic hydroxyl groups is 1. The molecular formula is C38H79NO3. The fourth-order valence-corrected chi connectivity index (χ4v) is 5.55. The lowest BCUT2D eigenvalue weighted by atomic mass is 10.0. The van der Waals surface area contributed by atoms with Crippen LogP contribution in [0, 0.1) is 0 Å². The van der Waals surface area contributed by atoms with Gasteiger partial charge in [0, 0.05) is 13.0 Å². The van der Waals surface area contributed by atoms with E-state index in [0.29, 0.717) is 19.6 Å². The van der Waals surface area contributed by atoms with Gasteiger partial charge in [-0.25, -0.2) is 0 Å². The van der Waals surface area contributed by atoms with E-state index in [-0.39, 0.29) is 12.6 Å². The standard InChI is InChI=1S/C36H72O2.C2H7NO/c1-3-5-7-9-11-13-15-17-19-21-23-25-27-29-31-33-35-38-36(37)34-32-30-28-26-24-22-20-18-16-14-12-10-8-6-4-2;3-1-2-4/h3-35H2,1-2H3;4H,1-3H2. The first-order valence-electron chi connectivity index (χ1n) is 19.2. The van der Waals surface area contributed by atoms with Crippen molar-refractivity contribution in [1.82, 2.24) is 0 Å². The highest BCUT2D eigenvalue weighted by molar-refractivity contribution is 5.69. The highest BCUT2D eigenvalue weighted by Crippen LogP contribution is 2.15. The summed E-state index contributed by atoms with van der Waals surface area (Å²) in [5.41, 5.74) is 4.78. The maximum Gasteiger partial charge on any atom is 0.305 e. The number of hydrogen-bond donors (Lipinski definition) is 2. The van der Waals surface area contributed by atoms with Crippen molar-refractivity contribution in [3.05, 3.63) is 0 Å². The maximum atomic E-state index is 11.9. The van der Waals surface area contributed by atoms with Gasteiger partial charge in [-0.1, -0.05) is 200 Å². The number of unbranched alkanes of at least 4 members (excludes halogenated alkanes) is 29. The molecule has 0 atom stereocenters. The van der Waals surface area contributed by atoms with Crippen molar-refractivity contribution in [2.45, 2.75) is 219 Å². The summed E-state index contributed by atoms with van der Waals surface area (Å²) in [6.07, 6.45) is 43.1. The number of aliphatic hydroxyl groups excluding tert-OH is 1. The van der Waals surface area contributed by atoms with Crippen LogP contribution in [0.5, 0.6) is 0 Å². The number of carbonyl (C=O) groups is 1. The Labute approximate surface area is 265 Å². The molecule has 4 heteroatoms. The summed E-state index contributed by atoms with van der Waals surface area (Å²) < 4.78 is 5.44. The number of rotatable bonds is 34. The Balaban J connectivity index is 0. The molecule has 0 aliphatic heterocycles. The summed E-state index contributed by atoms with van der Waals surface area (Å²) in [4.78, 5) is 11.9. The molecule has 0 saturated carbocycles. The molecule has 0 rings (SSSR count). The zero-order chi connectivity index (χ0) is 31.0. The van der Waals surface area contributed by atoms with Crippen LogP contribution in [0.1, 0.15) is 219 Å². The normalized spacial score (nSPS) is 11.0. The summed E-state index contributed by atoms with van der Waals surface area (Å²) >= 11 is 0. The van der Waals surface area contributed by atoms with Crippen molar-refractivity contribution in [2.75, 3.05) is 19.8 Å². The van der Waals surface area contributed by atoms with Crippen molar-refractivity contribution in [3.63, 3.8) is 0 Å². The molecular weight excluding hydrogens is 518 g/mol. The van der Waals surface area contributed by atoms with E-state index in [1.165, 1.54) is 186 Å². The van der Waals surface area contributed by atoms with Crippen molar-refractivity contribution in [1.29, 1.82) is 0 Å². The van der Waals surface area contributed by atoms with E-state index in [4.69, 9.17) is 15.6 Å². The Morgan fingerprint density at radius 1 is 0.452 bits per heavy atom. The first-order valence-corrected chi connectivity index (χ1v) is 19.2. The minimum absolute atomic E-state index is 0.0284. The van der Waals surface area contributed by atoms with Crippen LogP contribution in [0.3, 0.4) is 0 Å². The average molecular weight is 598 g/mol. The molecule has 254 valence electrons. The minimum atomic E-state index is 0.0284. The summed E-state index contributed by atoms with van der Waals surface area (Å²) in [5, 5.41) is 7.75. The van der Waals surface area contributed by atoms with Crippen LogP contribution in [0.15, 0.2) is 0 Å². The van der Waals surface area contributed by atoms with Crippen LogP contribution in [0.4, 0.5) is 0 Å². The van der Waals surface area contributed by atoms with Crippen molar-refractivity contribution < 1.29 is 14.6 Å². The van der Waals surface area contributed by atoms with E-state index >= 15 is 0 Å². The van der Waals surface area contributed by atoms with Crippen molar-refractivity contribution in [2.24, 2.45) is 5.73 Å². The van der Waals surface area contributed by atoms with Crippen LogP contribution in [-0.4, -0.2) is 30.8 Å². The van der Waals surface area contributed by atoms with E-state index < -0.39 is 0 Å². The molecule has 42 heavy (non-hydrogen) atoms. The Morgan fingerprint density at radius 2 is 0.690 bits per heavy atom. The van der Waals surface area contributed by atoms with Gasteiger partial charge in [0.15, 0.2) is 0 Å². The summed E-state index contributed by atoms with van der Waals surface area (Å²) in [7, 11) is 0. The predicted octanol–water partition coefficient (Wildman–Crippen LogP) is 12.0. The Morgan fingerprint density at radius 3 is 0.952 bits per heavy atom. The van der Waals surface area contributed by atoms with Crippen LogP contribution < -0.4 is 5.73 Å². The number of hydrogen-bond acceptors (Lipinski definition) is 4. The minimum Gasteiger partial charge on any atom is -0.466 e. The highest BCUT2D eigenvalue weighted by Gasteiger charge is 2.03. The monoisotopic (exact) mass is 598 g/mol. The van der Waals surface area contributed by atoms with Gasteiger partial charge < -0.3 is 15.6 Å². The third-order valence-electron chi connectivity index (χ3n) is 8.37. The average Bonchev–Trinajstić information content (AvgIpc) is 3.00. The predicted molar refractivity (Wildman–Crippen MR) is 186 cm³/mol. The molecule has 0 unspecified atom stereocenters. The zero-order valence-electron chi connectivity index (χ0n) is 29.1. The molecule has 0 bridgehead atoms. The molecule has 0 saturated heterocycles. The Kier molecular flexibility index (Phi) is 44.1. The fourth-order valence-electron chi connectivity index (χ4n) is 5.55. The first-order chi connectivity index (χ1) is 20.7. The molecule has 0 aromatic carbocycles. The lowest BCUT2D eigenvalue weighted by Gasteiger charge is -2.06. The topological polar surface area (TPSA) is 72.5 Å². The van der Waals surface area contributed by atoms with Crippen molar-refractivity contribution in [3.8, 4) is 0 Å². The summed E-state index contributed by atoms with van der Waals surface area (Å²) in [6, 6.07) is 0. The van der Waals surface area contributed by atoms with Crippen LogP contribution in [-0.2, 0) is 9.53 Å². The molecule has 3 N–H and O–H groups in total. The largest absolute Gasteiger partial charge is 0.466 e. The van der Waals surface area contributed by atoms with Gasteiger partial charge >= 0.3 is 5.97 Å². The van der Waals surface area contributed by atoms with E-state index in [2.05, 4.69) is 13.8 Å². The highest BCUT2D eigenvalue weighted by atomic mass is 16.5. The molecule has 0 radical (unpaired) electrons. The molecule has 0 fully saturated rings. The van der Waals surface area contributed by atoms with E-state index in [0.717, 1.165) is 12.8 Å². The van der Waals surface area contributed by atoms with Gasteiger partial charge in [-0.2, -0.15) is 0 Å². The number of carbonyl (C=O) groups excluding carboxylic acids is 1. The number of nitrogens with two attached hydrogens (primary N) is 1. The molecule has 4 nitrogen and oxygen atoms in total. The third kappa shape index (κ3) is 43.8. The molecule has 0 heterocycles. The number of esters is 1. The van der Waals surface area contributed by atoms with Gasteiger partial charge in [-0.3, -0.25) is 4.79 Å². The van der Waals surface area contributed by atoms with E-state index in [1.807, 2.05) is 0 Å². The Bertz CT molecular complexity index is 469. The van der Waals surface area contributed by atoms with Crippen LogP contribution in [0.25, 0.3) is 0 Å². The van der Waals surface area contributed by atoms with Gasteiger partial charge in [0.1, 0.15) is 0 Å². The van der Waals surface area contributed by atoms with Gasteiger partial charge in [0.25, 0.3) is 0 Å². The number of ether oxygens (including phenoxy) is 1. The SMILES string of the molecule is CCCCCCCCCCCCCCCCCCOC(=O)CCCCCCCCCCCCCCCCC.NCCO. The first kappa shape index (κ1) is 43.5. The Hall–Kier alpha value is -0.610. The zero-order valence-corrected chi connectivity index (χ0v) is 29.1. The molecule has 0 spiro atoms. The molecule has 0 aromatic rings. The van der Waals surface area contributed by atoms with Gasteiger partial charge in [-0.05, 0) is 12.8 Å². The smallest absolute Gasteiger partial charge is 0.305 e.